The third kappa shape index (κ3) is 3.70. The molecular weight excluding hydrogens is 365 g/mol. The minimum absolute atomic E-state index is 0.0405. The van der Waals surface area contributed by atoms with Gasteiger partial charge in [0.25, 0.3) is 11.6 Å². The van der Waals surface area contributed by atoms with Crippen molar-refractivity contribution in [3.63, 3.8) is 0 Å². The molecule has 0 spiro atoms. The van der Waals surface area contributed by atoms with E-state index in [4.69, 9.17) is 23.2 Å². The summed E-state index contributed by atoms with van der Waals surface area (Å²) in [5.41, 5.74) is 1.18. The standard InChI is InChI=1S/C17H15Cl2N3O3/c18-14-4-2-1-3-13(14)17(23)21-9-7-20(8-10-21)16-6-5-12(22(24)25)11-15(16)19/h1-6,11H,7-10H2. The lowest BCUT2D eigenvalue weighted by Gasteiger charge is -2.36. The Morgan fingerprint density at radius 1 is 1.00 bits per heavy atom. The number of piperazine rings is 1. The number of benzene rings is 2. The summed E-state index contributed by atoms with van der Waals surface area (Å²) in [6.07, 6.45) is 0. The average Bonchev–Trinajstić information content (AvgIpc) is 2.61. The van der Waals surface area contributed by atoms with Crippen LogP contribution in [0.25, 0.3) is 0 Å². The van der Waals surface area contributed by atoms with Gasteiger partial charge in [0.1, 0.15) is 0 Å². The second-order valence-corrected chi connectivity index (χ2v) is 6.47. The second kappa shape index (κ2) is 7.29. The molecule has 0 bridgehead atoms. The normalized spacial score (nSPS) is 14.5. The molecule has 0 atom stereocenters. The summed E-state index contributed by atoms with van der Waals surface area (Å²) in [4.78, 5) is 26.7. The third-order valence-electron chi connectivity index (χ3n) is 4.15. The number of rotatable bonds is 3. The highest BCUT2D eigenvalue weighted by molar-refractivity contribution is 6.34. The average molecular weight is 380 g/mol. The summed E-state index contributed by atoms with van der Waals surface area (Å²) >= 11 is 12.3. The van der Waals surface area contributed by atoms with Gasteiger partial charge in [-0.3, -0.25) is 14.9 Å². The van der Waals surface area contributed by atoms with Gasteiger partial charge < -0.3 is 9.80 Å². The minimum atomic E-state index is -0.476. The van der Waals surface area contributed by atoms with Crippen LogP contribution in [-0.4, -0.2) is 41.9 Å². The van der Waals surface area contributed by atoms with Gasteiger partial charge in [-0.05, 0) is 18.2 Å². The Balaban J connectivity index is 1.69. The molecule has 1 heterocycles. The van der Waals surface area contributed by atoms with E-state index < -0.39 is 4.92 Å². The Hall–Kier alpha value is -2.31. The number of hydrogen-bond donors (Lipinski definition) is 0. The SMILES string of the molecule is O=C(c1ccccc1Cl)N1CCN(c2ccc([N+](=O)[O-])cc2Cl)CC1. The van der Waals surface area contributed by atoms with Gasteiger partial charge in [0.05, 0.1) is 26.2 Å². The summed E-state index contributed by atoms with van der Waals surface area (Å²) < 4.78 is 0. The smallest absolute Gasteiger partial charge is 0.271 e. The van der Waals surface area contributed by atoms with Crippen molar-refractivity contribution in [3.8, 4) is 0 Å². The summed E-state index contributed by atoms with van der Waals surface area (Å²) in [6, 6.07) is 11.4. The Labute approximate surface area is 154 Å². The van der Waals surface area contributed by atoms with Gasteiger partial charge in [0.2, 0.25) is 0 Å². The van der Waals surface area contributed by atoms with Crippen molar-refractivity contribution in [3.05, 3.63) is 68.2 Å². The van der Waals surface area contributed by atoms with Crippen LogP contribution in [0.15, 0.2) is 42.5 Å². The topological polar surface area (TPSA) is 66.7 Å². The number of non-ortho nitro benzene ring substituents is 1. The van der Waals surface area contributed by atoms with E-state index in [0.29, 0.717) is 41.8 Å². The van der Waals surface area contributed by atoms with Crippen molar-refractivity contribution in [2.45, 2.75) is 0 Å². The van der Waals surface area contributed by atoms with Crippen molar-refractivity contribution in [2.24, 2.45) is 0 Å². The largest absolute Gasteiger partial charge is 0.367 e. The van der Waals surface area contributed by atoms with Crippen LogP contribution < -0.4 is 4.90 Å². The first-order valence-electron chi connectivity index (χ1n) is 7.70. The molecule has 1 aliphatic rings. The molecule has 1 fully saturated rings. The molecule has 0 N–H and O–H groups in total. The van der Waals surface area contributed by atoms with E-state index in [1.165, 1.54) is 12.1 Å². The van der Waals surface area contributed by atoms with Crippen LogP contribution in [0.5, 0.6) is 0 Å². The number of carbonyl (C=O) groups is 1. The lowest BCUT2D eigenvalue weighted by Crippen LogP contribution is -2.49. The Kier molecular flexibility index (Phi) is 5.11. The molecule has 1 aliphatic heterocycles. The Morgan fingerprint density at radius 3 is 2.28 bits per heavy atom. The monoisotopic (exact) mass is 379 g/mol. The van der Waals surface area contributed by atoms with E-state index in [9.17, 15) is 14.9 Å². The third-order valence-corrected chi connectivity index (χ3v) is 4.79. The number of nitro groups is 1. The maximum atomic E-state index is 12.6. The summed E-state index contributed by atoms with van der Waals surface area (Å²) in [7, 11) is 0. The maximum Gasteiger partial charge on any atom is 0.271 e. The van der Waals surface area contributed by atoms with Crippen LogP contribution in [0, 0.1) is 10.1 Å². The molecule has 3 rings (SSSR count). The minimum Gasteiger partial charge on any atom is -0.367 e. The predicted molar refractivity (Wildman–Crippen MR) is 97.7 cm³/mol. The van der Waals surface area contributed by atoms with Crippen LogP contribution in [0.2, 0.25) is 10.0 Å². The Bertz CT molecular complexity index is 821. The van der Waals surface area contributed by atoms with Gasteiger partial charge >= 0.3 is 0 Å². The lowest BCUT2D eigenvalue weighted by molar-refractivity contribution is -0.384. The fourth-order valence-corrected chi connectivity index (χ4v) is 3.33. The van der Waals surface area contributed by atoms with Crippen molar-refractivity contribution < 1.29 is 9.72 Å². The van der Waals surface area contributed by atoms with Gasteiger partial charge in [-0.2, -0.15) is 0 Å². The van der Waals surface area contributed by atoms with E-state index in [1.54, 1.807) is 35.2 Å². The number of halogens is 2. The molecular formula is C17H15Cl2N3O3. The molecule has 0 radical (unpaired) electrons. The molecule has 2 aromatic rings. The van der Waals surface area contributed by atoms with Gasteiger partial charge in [-0.1, -0.05) is 35.3 Å². The summed E-state index contributed by atoms with van der Waals surface area (Å²) in [5, 5.41) is 11.6. The van der Waals surface area contributed by atoms with E-state index in [1.807, 2.05) is 4.90 Å². The second-order valence-electron chi connectivity index (χ2n) is 5.65. The number of hydrogen-bond acceptors (Lipinski definition) is 4. The predicted octanol–water partition coefficient (Wildman–Crippen LogP) is 3.86. The molecule has 1 amide bonds. The molecule has 0 saturated carbocycles. The molecule has 0 aromatic heterocycles. The van der Waals surface area contributed by atoms with Crippen molar-refractivity contribution in [1.29, 1.82) is 0 Å². The first-order chi connectivity index (χ1) is 12.0. The van der Waals surface area contributed by atoms with Gasteiger partial charge in [0, 0.05) is 38.3 Å². The number of nitro benzene ring substituents is 1. The summed E-state index contributed by atoms with van der Waals surface area (Å²) in [5.74, 6) is -0.0972. The molecule has 0 unspecified atom stereocenters. The highest BCUT2D eigenvalue weighted by Gasteiger charge is 2.25. The van der Waals surface area contributed by atoms with Gasteiger partial charge in [0.15, 0.2) is 0 Å². The van der Waals surface area contributed by atoms with Crippen molar-refractivity contribution >= 4 is 40.5 Å². The molecule has 2 aromatic carbocycles. The molecule has 130 valence electrons. The van der Waals surface area contributed by atoms with Crippen LogP contribution in [0.1, 0.15) is 10.4 Å². The number of carbonyl (C=O) groups excluding carboxylic acids is 1. The molecule has 8 heteroatoms. The first-order valence-corrected chi connectivity index (χ1v) is 8.45. The zero-order valence-electron chi connectivity index (χ0n) is 13.2. The van der Waals surface area contributed by atoms with Crippen LogP contribution >= 0.6 is 23.2 Å². The van der Waals surface area contributed by atoms with Gasteiger partial charge in [-0.15, -0.1) is 0 Å². The molecule has 1 saturated heterocycles. The fourth-order valence-electron chi connectivity index (χ4n) is 2.82. The fraction of sp³-hybridized carbons (Fsp3) is 0.235. The molecule has 6 nitrogen and oxygen atoms in total. The van der Waals surface area contributed by atoms with Crippen LogP contribution in [-0.2, 0) is 0 Å². The van der Waals surface area contributed by atoms with Crippen LogP contribution in [0.3, 0.4) is 0 Å². The Morgan fingerprint density at radius 2 is 1.68 bits per heavy atom. The van der Waals surface area contributed by atoms with Gasteiger partial charge in [-0.25, -0.2) is 0 Å². The zero-order valence-corrected chi connectivity index (χ0v) is 14.7. The van der Waals surface area contributed by atoms with E-state index in [0.717, 1.165) is 5.69 Å². The zero-order chi connectivity index (χ0) is 18.0. The van der Waals surface area contributed by atoms with Crippen molar-refractivity contribution in [1.82, 2.24) is 4.90 Å². The number of anilines is 1. The highest BCUT2D eigenvalue weighted by Crippen LogP contribution is 2.30. The first kappa shape index (κ1) is 17.5. The molecule has 25 heavy (non-hydrogen) atoms. The quantitative estimate of drug-likeness (QED) is 0.599. The maximum absolute atomic E-state index is 12.6. The van der Waals surface area contributed by atoms with Crippen molar-refractivity contribution in [2.75, 3.05) is 31.1 Å². The summed E-state index contributed by atoms with van der Waals surface area (Å²) in [6.45, 7) is 2.23. The highest BCUT2D eigenvalue weighted by atomic mass is 35.5. The van der Waals surface area contributed by atoms with E-state index in [2.05, 4.69) is 0 Å². The van der Waals surface area contributed by atoms with E-state index >= 15 is 0 Å². The van der Waals surface area contributed by atoms with E-state index in [-0.39, 0.29) is 11.6 Å². The number of nitrogens with zero attached hydrogens (tertiary/aromatic N) is 3. The van der Waals surface area contributed by atoms with Crippen LogP contribution in [0.4, 0.5) is 11.4 Å². The molecule has 0 aliphatic carbocycles. The number of amides is 1. The lowest BCUT2D eigenvalue weighted by atomic mass is 10.1.